The highest BCUT2D eigenvalue weighted by Crippen LogP contribution is 2.22. The number of aromatic nitrogens is 1. The van der Waals surface area contributed by atoms with Crippen molar-refractivity contribution in [2.75, 3.05) is 13.7 Å². The first-order valence-corrected chi connectivity index (χ1v) is 8.51. The van der Waals surface area contributed by atoms with Gasteiger partial charge in [-0.3, -0.25) is 9.59 Å². The molecule has 6 heteroatoms. The summed E-state index contributed by atoms with van der Waals surface area (Å²) in [5.41, 5.74) is 2.35. The molecule has 0 spiro atoms. The Balaban J connectivity index is 2.35. The van der Waals surface area contributed by atoms with Gasteiger partial charge in [0.05, 0.1) is 13.2 Å². The molecule has 0 unspecified atom stereocenters. The topological polar surface area (TPSA) is 79.5 Å². The van der Waals surface area contributed by atoms with Crippen molar-refractivity contribution in [1.82, 2.24) is 9.88 Å². The summed E-state index contributed by atoms with van der Waals surface area (Å²) in [6, 6.07) is 8.20. The summed E-state index contributed by atoms with van der Waals surface area (Å²) in [4.78, 5) is 42.1. The molecule has 1 aromatic carbocycles. The predicted molar refractivity (Wildman–Crippen MR) is 98.6 cm³/mol. The van der Waals surface area contributed by atoms with Crippen LogP contribution < -0.4 is 0 Å². The van der Waals surface area contributed by atoms with Crippen LogP contribution in [-0.4, -0.2) is 47.2 Å². The number of rotatable bonds is 6. The smallest absolute Gasteiger partial charge is 0.354 e. The maximum absolute atomic E-state index is 13.1. The lowest BCUT2D eigenvalue weighted by Crippen LogP contribution is -2.43. The molecule has 2 rings (SSSR count). The van der Waals surface area contributed by atoms with Gasteiger partial charge in [-0.15, -0.1) is 0 Å². The Morgan fingerprint density at radius 3 is 2.31 bits per heavy atom. The molecule has 0 saturated carbocycles. The highest BCUT2D eigenvalue weighted by Gasteiger charge is 2.30. The highest BCUT2D eigenvalue weighted by atomic mass is 16.5. The van der Waals surface area contributed by atoms with Gasteiger partial charge in [-0.25, -0.2) is 4.79 Å². The number of hydrogen-bond donors (Lipinski definition) is 1. The van der Waals surface area contributed by atoms with Crippen LogP contribution in [0, 0.1) is 13.8 Å². The number of carbonyl (C=O) groups is 3. The molecule has 1 heterocycles. The molecule has 1 aromatic heterocycles. The molecule has 1 atom stereocenters. The third kappa shape index (κ3) is 3.54. The first-order chi connectivity index (χ1) is 12.3. The number of methoxy groups -OCH3 is 1. The first kappa shape index (κ1) is 19.4. The zero-order chi connectivity index (χ0) is 19.4. The van der Waals surface area contributed by atoms with E-state index < -0.39 is 12.0 Å². The van der Waals surface area contributed by atoms with Crippen LogP contribution >= 0.6 is 0 Å². The Hall–Kier alpha value is -2.89. The molecule has 26 heavy (non-hydrogen) atoms. The second-order valence-electron chi connectivity index (χ2n) is 6.11. The van der Waals surface area contributed by atoms with Gasteiger partial charge in [0.15, 0.2) is 5.78 Å². The predicted octanol–water partition coefficient (Wildman–Crippen LogP) is 3.15. The fraction of sp³-hybridized carbons (Fsp3) is 0.350. The summed E-state index contributed by atoms with van der Waals surface area (Å²) in [6.45, 7) is 7.37. The number of ether oxygens (including phenoxy) is 1. The van der Waals surface area contributed by atoms with E-state index in [9.17, 15) is 14.4 Å². The van der Waals surface area contributed by atoms with Gasteiger partial charge in [0.1, 0.15) is 5.69 Å². The Bertz CT molecular complexity index is 824. The van der Waals surface area contributed by atoms with Crippen molar-refractivity contribution >= 4 is 17.7 Å². The number of benzene rings is 1. The van der Waals surface area contributed by atoms with Crippen LogP contribution in [0.4, 0.5) is 0 Å². The Morgan fingerprint density at radius 1 is 1.15 bits per heavy atom. The van der Waals surface area contributed by atoms with Crippen LogP contribution in [0.5, 0.6) is 0 Å². The molecule has 0 aliphatic heterocycles. The van der Waals surface area contributed by atoms with Crippen LogP contribution in [0.25, 0.3) is 0 Å². The number of aryl methyl sites for hydroxylation is 1. The van der Waals surface area contributed by atoms with Crippen molar-refractivity contribution in [2.24, 2.45) is 0 Å². The van der Waals surface area contributed by atoms with Crippen LogP contribution in [0.15, 0.2) is 30.3 Å². The fourth-order valence-corrected chi connectivity index (χ4v) is 3.12. The Kier molecular flexibility index (Phi) is 5.97. The Labute approximate surface area is 153 Å². The highest BCUT2D eigenvalue weighted by molar-refractivity contribution is 6.07. The lowest BCUT2D eigenvalue weighted by molar-refractivity contribution is 0.0593. The molecule has 0 fully saturated rings. The van der Waals surface area contributed by atoms with E-state index in [1.807, 2.05) is 13.0 Å². The van der Waals surface area contributed by atoms with Gasteiger partial charge in [-0.1, -0.05) is 18.2 Å². The summed E-state index contributed by atoms with van der Waals surface area (Å²) in [7, 11) is 1.29. The van der Waals surface area contributed by atoms with Gasteiger partial charge in [0.2, 0.25) is 0 Å². The monoisotopic (exact) mass is 356 g/mol. The van der Waals surface area contributed by atoms with E-state index in [4.69, 9.17) is 4.74 Å². The standard InChI is InChI=1S/C20H24N2O4/c1-6-22(19(24)15-10-8-7-9-11-15)14(4)18(23)16-12(2)17(20(25)26-5)21-13(16)3/h7-11,14,21H,6H2,1-5H3/t14-/m1/s1. The maximum Gasteiger partial charge on any atom is 0.354 e. The molecular formula is C20H24N2O4. The van der Waals surface area contributed by atoms with Crippen LogP contribution in [0.2, 0.25) is 0 Å². The number of ketones is 1. The number of Topliss-reactive ketones (excluding diaryl/α,β-unsaturated/α-hetero) is 1. The molecule has 1 amide bonds. The van der Waals surface area contributed by atoms with E-state index in [1.54, 1.807) is 45.0 Å². The van der Waals surface area contributed by atoms with Gasteiger partial charge in [0.25, 0.3) is 5.91 Å². The number of nitrogens with one attached hydrogen (secondary N) is 1. The third-order valence-electron chi connectivity index (χ3n) is 4.54. The van der Waals surface area contributed by atoms with E-state index in [1.165, 1.54) is 12.0 Å². The molecule has 6 nitrogen and oxygen atoms in total. The van der Waals surface area contributed by atoms with Gasteiger partial charge < -0.3 is 14.6 Å². The number of hydrogen-bond acceptors (Lipinski definition) is 4. The normalized spacial score (nSPS) is 11.7. The molecule has 0 aliphatic rings. The molecule has 0 aliphatic carbocycles. The third-order valence-corrected chi connectivity index (χ3v) is 4.54. The summed E-state index contributed by atoms with van der Waals surface area (Å²) in [5.74, 6) is -0.935. The lowest BCUT2D eigenvalue weighted by Gasteiger charge is -2.27. The molecule has 2 aromatic rings. The minimum atomic E-state index is -0.661. The quantitative estimate of drug-likeness (QED) is 0.637. The fourth-order valence-electron chi connectivity index (χ4n) is 3.12. The molecule has 0 saturated heterocycles. The maximum atomic E-state index is 13.1. The summed E-state index contributed by atoms with van der Waals surface area (Å²) in [5, 5.41) is 0. The van der Waals surface area contributed by atoms with Gasteiger partial charge in [-0.2, -0.15) is 0 Å². The summed E-state index contributed by atoms with van der Waals surface area (Å²) in [6.07, 6.45) is 0. The van der Waals surface area contributed by atoms with E-state index >= 15 is 0 Å². The molecular weight excluding hydrogens is 332 g/mol. The zero-order valence-electron chi connectivity index (χ0n) is 15.8. The van der Waals surface area contributed by atoms with Crippen LogP contribution in [0.1, 0.15) is 56.3 Å². The summed E-state index contributed by atoms with van der Waals surface area (Å²) >= 11 is 0. The van der Waals surface area contributed by atoms with Crippen molar-refractivity contribution in [1.29, 1.82) is 0 Å². The number of carbonyl (C=O) groups excluding carboxylic acids is 3. The van der Waals surface area contributed by atoms with Crippen LogP contribution in [0.3, 0.4) is 0 Å². The van der Waals surface area contributed by atoms with Crippen molar-refractivity contribution in [2.45, 2.75) is 33.7 Å². The minimum Gasteiger partial charge on any atom is -0.464 e. The average molecular weight is 356 g/mol. The van der Waals surface area contributed by atoms with E-state index in [0.717, 1.165) is 0 Å². The SMILES string of the molecule is CCN(C(=O)c1ccccc1)[C@H](C)C(=O)c1c(C)[nH]c(C(=O)OC)c1C. The van der Waals surface area contributed by atoms with E-state index in [2.05, 4.69) is 4.98 Å². The minimum absolute atomic E-state index is 0.201. The number of H-pyrrole nitrogens is 1. The lowest BCUT2D eigenvalue weighted by atomic mass is 9.99. The molecule has 1 N–H and O–H groups in total. The van der Waals surface area contributed by atoms with Gasteiger partial charge >= 0.3 is 5.97 Å². The Morgan fingerprint density at radius 2 is 1.77 bits per heavy atom. The number of amides is 1. The molecule has 0 radical (unpaired) electrons. The average Bonchev–Trinajstić information content (AvgIpc) is 2.95. The van der Waals surface area contributed by atoms with Crippen molar-refractivity contribution < 1.29 is 19.1 Å². The van der Waals surface area contributed by atoms with Crippen molar-refractivity contribution in [3.8, 4) is 0 Å². The van der Waals surface area contributed by atoms with Crippen molar-refractivity contribution in [3.05, 3.63) is 58.4 Å². The first-order valence-electron chi connectivity index (χ1n) is 8.51. The zero-order valence-corrected chi connectivity index (χ0v) is 15.8. The van der Waals surface area contributed by atoms with Crippen LogP contribution in [-0.2, 0) is 4.74 Å². The largest absolute Gasteiger partial charge is 0.464 e. The second kappa shape index (κ2) is 7.99. The van der Waals surface area contributed by atoms with Crippen molar-refractivity contribution in [3.63, 3.8) is 0 Å². The second-order valence-corrected chi connectivity index (χ2v) is 6.11. The van der Waals surface area contributed by atoms with E-state index in [0.29, 0.717) is 28.9 Å². The van der Waals surface area contributed by atoms with Gasteiger partial charge in [-0.05, 0) is 45.4 Å². The molecule has 0 bridgehead atoms. The molecule has 138 valence electrons. The number of esters is 1. The summed E-state index contributed by atoms with van der Waals surface area (Å²) < 4.78 is 4.74. The van der Waals surface area contributed by atoms with E-state index in [-0.39, 0.29) is 17.4 Å². The van der Waals surface area contributed by atoms with Gasteiger partial charge in [0, 0.05) is 23.4 Å². The number of aromatic amines is 1. The number of likely N-dealkylation sites (N-methyl/N-ethyl adjacent to an activating group) is 1. The number of nitrogens with zero attached hydrogens (tertiary/aromatic N) is 1.